The summed E-state index contributed by atoms with van der Waals surface area (Å²) in [7, 11) is 1.90. The largest absolute Gasteiger partial charge is 0.481 e. The van der Waals surface area contributed by atoms with Crippen LogP contribution < -0.4 is 0 Å². The third-order valence-electron chi connectivity index (χ3n) is 4.19. The summed E-state index contributed by atoms with van der Waals surface area (Å²) in [6, 6.07) is 3.80. The Morgan fingerprint density at radius 3 is 2.65 bits per heavy atom. The molecule has 5 nitrogen and oxygen atoms in total. The van der Waals surface area contributed by atoms with Gasteiger partial charge in [-0.15, -0.1) is 0 Å². The van der Waals surface area contributed by atoms with Crippen molar-refractivity contribution in [1.82, 2.24) is 9.47 Å². The normalized spacial score (nSPS) is 19.7. The predicted octanol–water partition coefficient (Wildman–Crippen LogP) is 2.05. The number of carbonyl (C=O) groups excluding carboxylic acids is 1. The summed E-state index contributed by atoms with van der Waals surface area (Å²) >= 11 is 0. The Morgan fingerprint density at radius 1 is 1.30 bits per heavy atom. The third kappa shape index (κ3) is 3.21. The number of aryl methyl sites for hydroxylation is 1. The topological polar surface area (TPSA) is 62.5 Å². The lowest BCUT2D eigenvalue weighted by molar-refractivity contribution is -0.138. The maximum absolute atomic E-state index is 12.5. The Labute approximate surface area is 119 Å². The molecule has 5 heteroatoms. The molecule has 1 aliphatic heterocycles. The summed E-state index contributed by atoms with van der Waals surface area (Å²) in [6.07, 6.45) is 2.77. The van der Waals surface area contributed by atoms with Gasteiger partial charge in [-0.25, -0.2) is 0 Å². The molecule has 2 heterocycles. The van der Waals surface area contributed by atoms with Crippen molar-refractivity contribution in [1.29, 1.82) is 0 Å². The van der Waals surface area contributed by atoms with E-state index in [9.17, 15) is 9.59 Å². The molecular formula is C15H22N2O3. The Bertz CT molecular complexity index is 507. The number of nitrogens with zero attached hydrogens (tertiary/aromatic N) is 2. The van der Waals surface area contributed by atoms with Crippen LogP contribution in [-0.4, -0.2) is 39.5 Å². The van der Waals surface area contributed by atoms with Crippen LogP contribution in [0.15, 0.2) is 12.1 Å². The van der Waals surface area contributed by atoms with Gasteiger partial charge >= 0.3 is 5.97 Å². The minimum absolute atomic E-state index is 0.0524. The zero-order chi connectivity index (χ0) is 14.7. The molecule has 1 saturated heterocycles. The monoisotopic (exact) mass is 278 g/mol. The van der Waals surface area contributed by atoms with E-state index in [1.165, 1.54) is 0 Å². The lowest BCUT2D eigenvalue weighted by atomic mass is 9.97. The van der Waals surface area contributed by atoms with Gasteiger partial charge in [0.1, 0.15) is 5.69 Å². The first-order chi connectivity index (χ1) is 9.49. The average molecular weight is 278 g/mol. The van der Waals surface area contributed by atoms with Crippen LogP contribution in [0.25, 0.3) is 0 Å². The maximum atomic E-state index is 12.5. The fraction of sp³-hybridized carbons (Fsp3) is 0.600. The molecule has 1 N–H and O–H groups in total. The number of carboxylic acids is 1. The maximum Gasteiger partial charge on any atom is 0.303 e. The highest BCUT2D eigenvalue weighted by Gasteiger charge is 2.24. The Kier molecular flexibility index (Phi) is 4.47. The minimum atomic E-state index is -0.743. The third-order valence-corrected chi connectivity index (χ3v) is 4.19. The Hall–Kier alpha value is -1.78. The van der Waals surface area contributed by atoms with Crippen LogP contribution in [0.3, 0.4) is 0 Å². The van der Waals surface area contributed by atoms with Gasteiger partial charge in [0.2, 0.25) is 0 Å². The van der Waals surface area contributed by atoms with Crippen molar-refractivity contribution in [3.05, 3.63) is 23.5 Å². The summed E-state index contributed by atoms with van der Waals surface area (Å²) in [6.45, 7) is 3.35. The van der Waals surface area contributed by atoms with Crippen molar-refractivity contribution >= 4 is 11.9 Å². The van der Waals surface area contributed by atoms with E-state index in [0.29, 0.717) is 12.2 Å². The van der Waals surface area contributed by atoms with Crippen LogP contribution in [-0.2, 0) is 11.8 Å². The molecule has 1 atom stereocenters. The summed E-state index contributed by atoms with van der Waals surface area (Å²) in [5.41, 5.74) is 1.77. The highest BCUT2D eigenvalue weighted by atomic mass is 16.4. The first kappa shape index (κ1) is 14.6. The summed E-state index contributed by atoms with van der Waals surface area (Å²) in [4.78, 5) is 25.1. The van der Waals surface area contributed by atoms with Gasteiger partial charge < -0.3 is 14.6 Å². The molecule has 0 bridgehead atoms. The zero-order valence-electron chi connectivity index (χ0n) is 12.1. The van der Waals surface area contributed by atoms with E-state index >= 15 is 0 Å². The molecule has 0 radical (unpaired) electrons. The molecule has 1 aromatic heterocycles. The second-order valence-electron chi connectivity index (χ2n) is 5.61. The van der Waals surface area contributed by atoms with Crippen molar-refractivity contribution in [3.63, 3.8) is 0 Å². The van der Waals surface area contributed by atoms with E-state index in [1.54, 1.807) is 0 Å². The van der Waals surface area contributed by atoms with Crippen LogP contribution in [0.1, 0.15) is 41.9 Å². The Morgan fingerprint density at radius 2 is 2.05 bits per heavy atom. The fourth-order valence-corrected chi connectivity index (χ4v) is 2.81. The highest BCUT2D eigenvalue weighted by molar-refractivity contribution is 5.93. The SMILES string of the molecule is Cc1ccc(C(=O)N2CCC[C@@H](CC(=O)O)CC2)n1C. The first-order valence-electron chi connectivity index (χ1n) is 7.12. The number of hydrogen-bond acceptors (Lipinski definition) is 2. The molecule has 0 aromatic carbocycles. The van der Waals surface area contributed by atoms with Gasteiger partial charge in [-0.1, -0.05) is 0 Å². The zero-order valence-corrected chi connectivity index (χ0v) is 12.1. The lowest BCUT2D eigenvalue weighted by Crippen LogP contribution is -2.33. The summed E-state index contributed by atoms with van der Waals surface area (Å²) in [5, 5.41) is 8.87. The number of hydrogen-bond donors (Lipinski definition) is 1. The van der Waals surface area contributed by atoms with Gasteiger partial charge in [-0.3, -0.25) is 9.59 Å². The second kappa shape index (κ2) is 6.11. The van der Waals surface area contributed by atoms with E-state index in [0.717, 1.165) is 31.5 Å². The standard InChI is InChI=1S/C15H22N2O3/c1-11-5-6-13(16(11)2)15(20)17-8-3-4-12(7-9-17)10-14(18)19/h5-6,12H,3-4,7-10H2,1-2H3,(H,18,19)/t12-/m1/s1. The molecule has 110 valence electrons. The number of amides is 1. The summed E-state index contributed by atoms with van der Waals surface area (Å²) in [5.74, 6) is -0.496. The van der Waals surface area contributed by atoms with Crippen molar-refractivity contribution in [2.45, 2.75) is 32.6 Å². The molecule has 2 rings (SSSR count). The quantitative estimate of drug-likeness (QED) is 0.920. The number of likely N-dealkylation sites (tertiary alicyclic amines) is 1. The van der Waals surface area contributed by atoms with Crippen molar-refractivity contribution in [2.75, 3.05) is 13.1 Å². The molecule has 0 unspecified atom stereocenters. The molecule has 0 spiro atoms. The molecule has 20 heavy (non-hydrogen) atoms. The van der Waals surface area contributed by atoms with Crippen molar-refractivity contribution in [3.8, 4) is 0 Å². The predicted molar refractivity (Wildman–Crippen MR) is 75.6 cm³/mol. The van der Waals surface area contributed by atoms with Crippen LogP contribution >= 0.6 is 0 Å². The first-order valence-corrected chi connectivity index (χ1v) is 7.12. The fourth-order valence-electron chi connectivity index (χ4n) is 2.81. The van der Waals surface area contributed by atoms with Gasteiger partial charge in [-0.2, -0.15) is 0 Å². The van der Waals surface area contributed by atoms with E-state index in [4.69, 9.17) is 5.11 Å². The highest BCUT2D eigenvalue weighted by Crippen LogP contribution is 2.22. The molecular weight excluding hydrogens is 256 g/mol. The molecule has 1 aromatic rings. The van der Waals surface area contributed by atoms with Gasteiger partial charge in [-0.05, 0) is 44.2 Å². The molecule has 1 amide bonds. The van der Waals surface area contributed by atoms with Gasteiger partial charge in [0.15, 0.2) is 0 Å². The van der Waals surface area contributed by atoms with E-state index in [2.05, 4.69) is 0 Å². The van der Waals surface area contributed by atoms with Crippen LogP contribution in [0, 0.1) is 12.8 Å². The van der Waals surface area contributed by atoms with Crippen LogP contribution in [0.4, 0.5) is 0 Å². The second-order valence-corrected chi connectivity index (χ2v) is 5.61. The molecule has 0 saturated carbocycles. The van der Waals surface area contributed by atoms with Gasteiger partial charge in [0.25, 0.3) is 5.91 Å². The number of aliphatic carboxylic acids is 1. The van der Waals surface area contributed by atoms with Crippen LogP contribution in [0.5, 0.6) is 0 Å². The molecule has 1 aliphatic rings. The van der Waals surface area contributed by atoms with Gasteiger partial charge in [0.05, 0.1) is 0 Å². The minimum Gasteiger partial charge on any atom is -0.481 e. The summed E-state index contributed by atoms with van der Waals surface area (Å²) < 4.78 is 1.90. The molecule has 1 fully saturated rings. The number of carboxylic acid groups (broad SMARTS) is 1. The van der Waals surface area contributed by atoms with E-state index < -0.39 is 5.97 Å². The van der Waals surface area contributed by atoms with E-state index in [1.807, 2.05) is 35.6 Å². The molecule has 0 aliphatic carbocycles. The van der Waals surface area contributed by atoms with E-state index in [-0.39, 0.29) is 18.2 Å². The lowest BCUT2D eigenvalue weighted by Gasteiger charge is -2.21. The van der Waals surface area contributed by atoms with Crippen molar-refractivity contribution in [2.24, 2.45) is 13.0 Å². The number of aromatic nitrogens is 1. The smallest absolute Gasteiger partial charge is 0.303 e. The average Bonchev–Trinajstić information content (AvgIpc) is 2.61. The van der Waals surface area contributed by atoms with Gasteiger partial charge in [0, 0.05) is 32.3 Å². The Balaban J connectivity index is 2.01. The number of carbonyl (C=O) groups is 2. The van der Waals surface area contributed by atoms with Crippen LogP contribution in [0.2, 0.25) is 0 Å². The van der Waals surface area contributed by atoms with Crippen molar-refractivity contribution < 1.29 is 14.7 Å². The number of rotatable bonds is 3.